The molecule has 2 unspecified atom stereocenters. The summed E-state index contributed by atoms with van der Waals surface area (Å²) in [5.74, 6) is 0.638. The second kappa shape index (κ2) is 8.75. The number of benzene rings is 1. The van der Waals surface area contributed by atoms with Crippen molar-refractivity contribution in [2.24, 2.45) is 5.92 Å². The molecule has 3 nitrogen and oxygen atoms in total. The minimum Gasteiger partial charge on any atom is -0.396 e. The van der Waals surface area contributed by atoms with Crippen LogP contribution in [-0.4, -0.2) is 24.2 Å². The molecule has 20 heavy (non-hydrogen) atoms. The van der Waals surface area contributed by atoms with Gasteiger partial charge in [0.1, 0.15) is 0 Å². The number of aliphatic hydroxyl groups is 1. The van der Waals surface area contributed by atoms with Gasteiger partial charge in [-0.3, -0.25) is 4.79 Å². The molecule has 0 fully saturated rings. The maximum absolute atomic E-state index is 11.9. The zero-order valence-corrected chi connectivity index (χ0v) is 12.9. The van der Waals surface area contributed by atoms with Gasteiger partial charge in [-0.15, -0.1) is 0 Å². The number of rotatable bonds is 8. The van der Waals surface area contributed by atoms with Gasteiger partial charge in [-0.2, -0.15) is 0 Å². The molecule has 0 saturated heterocycles. The molecular weight excluding hydrogens is 250 g/mol. The molecule has 0 aliphatic rings. The Morgan fingerprint density at radius 1 is 1.25 bits per heavy atom. The maximum Gasteiger partial charge on any atom is 0.220 e. The summed E-state index contributed by atoms with van der Waals surface area (Å²) in [7, 11) is 0. The molecule has 2 N–H and O–H groups in total. The molecule has 0 radical (unpaired) electrons. The first kappa shape index (κ1) is 16.7. The number of amides is 1. The van der Waals surface area contributed by atoms with E-state index in [0.717, 1.165) is 12.8 Å². The topological polar surface area (TPSA) is 49.3 Å². The summed E-state index contributed by atoms with van der Waals surface area (Å²) in [5, 5.41) is 11.8. The SMILES string of the molecule is CCc1ccc(C(C)CC(=O)NCC(C)CCO)cc1. The fraction of sp³-hybridized carbons (Fsp3) is 0.588. The van der Waals surface area contributed by atoms with E-state index in [1.807, 2.05) is 6.92 Å². The van der Waals surface area contributed by atoms with E-state index < -0.39 is 0 Å². The molecule has 112 valence electrons. The summed E-state index contributed by atoms with van der Waals surface area (Å²) in [5.41, 5.74) is 2.53. The monoisotopic (exact) mass is 277 g/mol. The second-order valence-corrected chi connectivity index (χ2v) is 5.62. The molecule has 0 spiro atoms. The molecule has 0 heterocycles. The molecule has 0 bridgehead atoms. The van der Waals surface area contributed by atoms with Crippen molar-refractivity contribution in [2.75, 3.05) is 13.2 Å². The molecule has 0 saturated carbocycles. The lowest BCUT2D eigenvalue weighted by atomic mass is 9.96. The van der Waals surface area contributed by atoms with Gasteiger partial charge in [-0.1, -0.05) is 45.0 Å². The Morgan fingerprint density at radius 2 is 1.90 bits per heavy atom. The Hall–Kier alpha value is -1.35. The zero-order valence-electron chi connectivity index (χ0n) is 12.9. The molecule has 0 aliphatic carbocycles. The van der Waals surface area contributed by atoms with Crippen LogP contribution in [0.3, 0.4) is 0 Å². The standard InChI is InChI=1S/C17H27NO2/c1-4-15-5-7-16(8-6-15)14(3)11-17(20)18-12-13(2)9-10-19/h5-8,13-14,19H,4,9-12H2,1-3H3,(H,18,20). The Balaban J connectivity index is 2.40. The number of nitrogens with one attached hydrogen (secondary N) is 1. The van der Waals surface area contributed by atoms with Crippen LogP contribution in [-0.2, 0) is 11.2 Å². The van der Waals surface area contributed by atoms with Crippen molar-refractivity contribution in [3.05, 3.63) is 35.4 Å². The lowest BCUT2D eigenvalue weighted by molar-refractivity contribution is -0.121. The van der Waals surface area contributed by atoms with Gasteiger partial charge >= 0.3 is 0 Å². The first-order valence-corrected chi connectivity index (χ1v) is 7.53. The van der Waals surface area contributed by atoms with Gasteiger partial charge in [0.15, 0.2) is 0 Å². The van der Waals surface area contributed by atoms with Crippen molar-refractivity contribution in [1.29, 1.82) is 0 Å². The van der Waals surface area contributed by atoms with Gasteiger partial charge in [0.05, 0.1) is 0 Å². The fourth-order valence-electron chi connectivity index (χ4n) is 2.16. The fourth-order valence-corrected chi connectivity index (χ4v) is 2.16. The third-order valence-electron chi connectivity index (χ3n) is 3.72. The Morgan fingerprint density at radius 3 is 2.45 bits per heavy atom. The van der Waals surface area contributed by atoms with Crippen LogP contribution in [0.1, 0.15) is 50.7 Å². The molecule has 1 amide bonds. The van der Waals surface area contributed by atoms with E-state index in [0.29, 0.717) is 18.9 Å². The molecular formula is C17H27NO2. The smallest absolute Gasteiger partial charge is 0.220 e. The van der Waals surface area contributed by atoms with E-state index in [4.69, 9.17) is 5.11 Å². The molecule has 3 heteroatoms. The van der Waals surface area contributed by atoms with Crippen molar-refractivity contribution in [1.82, 2.24) is 5.32 Å². The van der Waals surface area contributed by atoms with E-state index in [9.17, 15) is 4.79 Å². The van der Waals surface area contributed by atoms with Crippen LogP contribution >= 0.6 is 0 Å². The van der Waals surface area contributed by atoms with Gasteiger partial charge < -0.3 is 10.4 Å². The molecule has 1 aromatic rings. The second-order valence-electron chi connectivity index (χ2n) is 5.62. The highest BCUT2D eigenvalue weighted by molar-refractivity contribution is 5.76. The Bertz CT molecular complexity index is 400. The normalized spacial score (nSPS) is 13.8. The van der Waals surface area contributed by atoms with Crippen molar-refractivity contribution in [3.63, 3.8) is 0 Å². The predicted molar refractivity (Wildman–Crippen MR) is 82.7 cm³/mol. The Kier molecular flexibility index (Phi) is 7.31. The van der Waals surface area contributed by atoms with Crippen LogP contribution in [0.2, 0.25) is 0 Å². The lowest BCUT2D eigenvalue weighted by Gasteiger charge is -2.15. The summed E-state index contributed by atoms with van der Waals surface area (Å²) in [6.07, 6.45) is 2.28. The third kappa shape index (κ3) is 5.74. The summed E-state index contributed by atoms with van der Waals surface area (Å²) < 4.78 is 0. The summed E-state index contributed by atoms with van der Waals surface area (Å²) in [4.78, 5) is 11.9. The molecule has 0 aromatic heterocycles. The minimum atomic E-state index is 0.0851. The molecule has 1 aromatic carbocycles. The van der Waals surface area contributed by atoms with Gasteiger partial charge in [0, 0.05) is 19.6 Å². The van der Waals surface area contributed by atoms with Crippen LogP contribution in [0.15, 0.2) is 24.3 Å². The van der Waals surface area contributed by atoms with Crippen LogP contribution < -0.4 is 5.32 Å². The summed E-state index contributed by atoms with van der Waals surface area (Å²) >= 11 is 0. The van der Waals surface area contributed by atoms with E-state index in [1.54, 1.807) is 0 Å². The van der Waals surface area contributed by atoms with Gasteiger partial charge in [-0.25, -0.2) is 0 Å². The van der Waals surface area contributed by atoms with E-state index >= 15 is 0 Å². The predicted octanol–water partition coefficient (Wildman–Crippen LogP) is 2.88. The number of carbonyl (C=O) groups is 1. The largest absolute Gasteiger partial charge is 0.396 e. The van der Waals surface area contributed by atoms with E-state index in [1.165, 1.54) is 11.1 Å². The molecule has 2 atom stereocenters. The zero-order chi connectivity index (χ0) is 15.0. The number of aliphatic hydroxyl groups excluding tert-OH is 1. The van der Waals surface area contributed by atoms with E-state index in [-0.39, 0.29) is 18.4 Å². The molecule has 1 rings (SSSR count). The highest BCUT2D eigenvalue weighted by Crippen LogP contribution is 2.19. The molecule has 0 aliphatic heterocycles. The summed E-state index contributed by atoms with van der Waals surface area (Å²) in [6, 6.07) is 8.50. The van der Waals surface area contributed by atoms with Crippen molar-refractivity contribution in [3.8, 4) is 0 Å². The van der Waals surface area contributed by atoms with Gasteiger partial charge in [0.2, 0.25) is 5.91 Å². The first-order valence-electron chi connectivity index (χ1n) is 7.53. The summed E-state index contributed by atoms with van der Waals surface area (Å²) in [6.45, 7) is 7.07. The van der Waals surface area contributed by atoms with Crippen LogP contribution in [0.4, 0.5) is 0 Å². The number of aryl methyl sites for hydroxylation is 1. The van der Waals surface area contributed by atoms with Gasteiger partial charge in [0.25, 0.3) is 0 Å². The highest BCUT2D eigenvalue weighted by atomic mass is 16.3. The van der Waals surface area contributed by atoms with Crippen LogP contribution in [0, 0.1) is 5.92 Å². The highest BCUT2D eigenvalue weighted by Gasteiger charge is 2.12. The van der Waals surface area contributed by atoms with Crippen LogP contribution in [0.25, 0.3) is 0 Å². The lowest BCUT2D eigenvalue weighted by Crippen LogP contribution is -2.29. The first-order chi connectivity index (χ1) is 9.56. The number of hydrogen-bond donors (Lipinski definition) is 2. The van der Waals surface area contributed by atoms with Gasteiger partial charge in [-0.05, 0) is 35.8 Å². The number of hydrogen-bond acceptors (Lipinski definition) is 2. The van der Waals surface area contributed by atoms with E-state index in [2.05, 4.69) is 43.4 Å². The maximum atomic E-state index is 11.9. The van der Waals surface area contributed by atoms with Crippen molar-refractivity contribution in [2.45, 2.75) is 46.0 Å². The third-order valence-corrected chi connectivity index (χ3v) is 3.72. The Labute approximate surface area is 122 Å². The minimum absolute atomic E-state index is 0.0851. The van der Waals surface area contributed by atoms with Crippen LogP contribution in [0.5, 0.6) is 0 Å². The number of carbonyl (C=O) groups excluding carboxylic acids is 1. The van der Waals surface area contributed by atoms with Crippen molar-refractivity contribution >= 4 is 5.91 Å². The quantitative estimate of drug-likeness (QED) is 0.767. The van der Waals surface area contributed by atoms with Crippen molar-refractivity contribution < 1.29 is 9.90 Å². The average molecular weight is 277 g/mol. The average Bonchev–Trinajstić information content (AvgIpc) is 2.45.